The molecule has 0 aliphatic rings. The molecule has 1 atom stereocenters. The van der Waals surface area contributed by atoms with Gasteiger partial charge in [-0.3, -0.25) is 28.8 Å². The molecule has 0 saturated carbocycles. The normalized spacial score (nSPS) is 11.5. The van der Waals surface area contributed by atoms with Crippen LogP contribution in [0.15, 0.2) is 15.2 Å². The maximum atomic E-state index is 12.6. The Morgan fingerprint density at radius 2 is 1.00 bits per heavy atom. The topological polar surface area (TPSA) is 264 Å². The van der Waals surface area contributed by atoms with Crippen molar-refractivity contribution in [1.29, 1.82) is 0 Å². The minimum atomic E-state index is -1.01. The zero-order valence-corrected chi connectivity index (χ0v) is 32.8. The molecule has 0 aliphatic carbocycles. The molecule has 0 radical (unpaired) electrons. The number of nitrogens with two attached hydrogens (primary N) is 2. The Morgan fingerprint density at radius 3 is 1.43 bits per heavy atom. The van der Waals surface area contributed by atoms with Gasteiger partial charge in [0.25, 0.3) is 11.8 Å². The molecule has 0 aromatic rings. The van der Waals surface area contributed by atoms with Gasteiger partial charge in [0.05, 0.1) is 23.0 Å². The first kappa shape index (κ1) is 47.8. The lowest BCUT2D eigenvalue weighted by Gasteiger charge is -2.14. The molecule has 0 spiro atoms. The number of unbranched alkanes of at least 4 members (excludes halogenated alkanes) is 6. The second kappa shape index (κ2) is 33.9. The second-order valence-corrected chi connectivity index (χ2v) is 15.6. The van der Waals surface area contributed by atoms with E-state index in [0.717, 1.165) is 51.4 Å². The highest BCUT2D eigenvalue weighted by Crippen LogP contribution is 2.20. The van der Waals surface area contributed by atoms with E-state index in [1.165, 1.54) is 43.2 Å². The molecule has 0 aromatic carbocycles. The Balaban J connectivity index is 4.09. The Bertz CT molecular complexity index is 1130. The zero-order chi connectivity index (χ0) is 38.0. The molecule has 0 aliphatic heterocycles. The van der Waals surface area contributed by atoms with Gasteiger partial charge in [-0.2, -0.15) is 10.2 Å². The lowest BCUT2D eigenvalue weighted by Crippen LogP contribution is -2.41. The average Bonchev–Trinajstić information content (AvgIpc) is 3.10. The minimum absolute atomic E-state index is 0.0332. The zero-order valence-electron chi connectivity index (χ0n) is 29.5. The highest BCUT2D eigenvalue weighted by Gasteiger charge is 2.19. The number of hydrazone groups is 2. The van der Waals surface area contributed by atoms with Crippen LogP contribution in [0.1, 0.15) is 78.1 Å². The van der Waals surface area contributed by atoms with Crippen molar-refractivity contribution in [3.05, 3.63) is 0 Å². The Morgan fingerprint density at radius 1 is 0.588 bits per heavy atom. The number of amides is 6. The summed E-state index contributed by atoms with van der Waals surface area (Å²) in [6.45, 7) is 4.88. The summed E-state index contributed by atoms with van der Waals surface area (Å²) in [5.41, 5.74) is 15.8. The van der Waals surface area contributed by atoms with Crippen LogP contribution < -0.4 is 43.6 Å². The molecule has 21 heteroatoms. The highest BCUT2D eigenvalue weighted by atomic mass is 33.1. The maximum Gasteiger partial charge on any atom is 0.250 e. The summed E-state index contributed by atoms with van der Waals surface area (Å²) < 4.78 is 0. The molecule has 0 fully saturated rings. The molecule has 0 aromatic heterocycles. The van der Waals surface area contributed by atoms with E-state index in [2.05, 4.69) is 61.2 Å². The second-order valence-electron chi connectivity index (χ2n) is 10.7. The average molecular weight is 794 g/mol. The van der Waals surface area contributed by atoms with Crippen molar-refractivity contribution in [2.75, 3.05) is 49.2 Å². The minimum Gasteiger partial charge on any atom is -0.370 e. The standard InChI is InChI=1S/C30H55N11O6S4/c1-3-5-7-9-13-37-40-27(45)21-50-48-19-25(43)34-16-15-33-24(42)12-11-23(39-30(31)32)29(47)36-18-17-35-26(44)20-49-51-22-28(46)41-38-14-10-8-6-4-2/h13-14,23H,3-12,15-22H2,1-2H3,(H,33,42)(H,34,43)(H,35,44)(H,36,47)(H,40,45)(H,41,46)(H4,31,32,39)/b37-13-,38-14-/t23-/m0/s1. The van der Waals surface area contributed by atoms with Crippen molar-refractivity contribution >= 4 is 97.0 Å². The first-order valence-electron chi connectivity index (χ1n) is 16.8. The largest absolute Gasteiger partial charge is 0.370 e. The number of nitrogens with one attached hydrogen (secondary N) is 6. The van der Waals surface area contributed by atoms with Gasteiger partial charge in [0.2, 0.25) is 23.6 Å². The number of rotatable bonds is 31. The van der Waals surface area contributed by atoms with Gasteiger partial charge in [0, 0.05) is 45.0 Å². The van der Waals surface area contributed by atoms with Crippen LogP contribution in [0.25, 0.3) is 0 Å². The van der Waals surface area contributed by atoms with Crippen LogP contribution >= 0.6 is 43.2 Å². The van der Waals surface area contributed by atoms with E-state index >= 15 is 0 Å². The van der Waals surface area contributed by atoms with E-state index < -0.39 is 11.9 Å². The Hall–Kier alpha value is -3.17. The number of carbonyl (C=O) groups excluding carboxylic acids is 6. The van der Waals surface area contributed by atoms with E-state index in [0.29, 0.717) is 0 Å². The Labute approximate surface area is 316 Å². The van der Waals surface area contributed by atoms with E-state index in [-0.39, 0.29) is 97.5 Å². The van der Waals surface area contributed by atoms with E-state index in [1.54, 1.807) is 12.4 Å². The van der Waals surface area contributed by atoms with Crippen molar-refractivity contribution in [2.24, 2.45) is 26.7 Å². The molecule has 0 unspecified atom stereocenters. The summed E-state index contributed by atoms with van der Waals surface area (Å²) in [5.74, 6) is -1.60. The summed E-state index contributed by atoms with van der Waals surface area (Å²) in [5, 5.41) is 18.4. The monoisotopic (exact) mass is 793 g/mol. The summed E-state index contributed by atoms with van der Waals surface area (Å²) in [6, 6.07) is -1.01. The number of nitrogens with zero attached hydrogens (tertiary/aromatic N) is 3. The van der Waals surface area contributed by atoms with E-state index in [1.807, 2.05) is 0 Å². The van der Waals surface area contributed by atoms with Crippen molar-refractivity contribution < 1.29 is 28.8 Å². The molecule has 0 saturated heterocycles. The van der Waals surface area contributed by atoms with Crippen LogP contribution in [0, 0.1) is 0 Å². The van der Waals surface area contributed by atoms with Gasteiger partial charge in [-0.1, -0.05) is 82.7 Å². The molecule has 0 rings (SSSR count). The molecular formula is C30H55N11O6S4. The Kier molecular flexibility index (Phi) is 31.8. The summed E-state index contributed by atoms with van der Waals surface area (Å²) >= 11 is 0. The van der Waals surface area contributed by atoms with E-state index in [9.17, 15) is 28.8 Å². The predicted octanol–water partition coefficient (Wildman–Crippen LogP) is 1.00. The SMILES string of the molecule is CCCCC/C=N\NC(=O)CSSCC(=O)NCCNC(=O)CC[C@H](N=C(N)N)C(=O)NCCNC(=O)CSSCC(=O)N/N=C\CCCCC. The predicted molar refractivity (Wildman–Crippen MR) is 212 cm³/mol. The fraction of sp³-hybridized carbons (Fsp3) is 0.700. The van der Waals surface area contributed by atoms with Crippen molar-refractivity contribution in [3.63, 3.8) is 0 Å². The molecule has 6 amide bonds. The fourth-order valence-electron chi connectivity index (χ4n) is 3.58. The maximum absolute atomic E-state index is 12.6. The summed E-state index contributed by atoms with van der Waals surface area (Å²) in [4.78, 5) is 76.4. The molecular weight excluding hydrogens is 739 g/mol. The molecule has 290 valence electrons. The van der Waals surface area contributed by atoms with Gasteiger partial charge < -0.3 is 32.7 Å². The summed E-state index contributed by atoms with van der Waals surface area (Å²) in [6.07, 6.45) is 11.5. The lowest BCUT2D eigenvalue weighted by molar-refractivity contribution is -0.124. The number of carbonyl (C=O) groups is 6. The molecule has 51 heavy (non-hydrogen) atoms. The van der Waals surface area contributed by atoms with Crippen LogP contribution in [0.4, 0.5) is 0 Å². The van der Waals surface area contributed by atoms with Crippen LogP contribution in [0.3, 0.4) is 0 Å². The third-order valence-electron chi connectivity index (χ3n) is 6.13. The van der Waals surface area contributed by atoms with E-state index in [4.69, 9.17) is 11.5 Å². The first-order chi connectivity index (χ1) is 24.6. The number of aliphatic imine (C=N–C) groups is 1. The first-order valence-corrected chi connectivity index (χ1v) is 21.8. The van der Waals surface area contributed by atoms with Crippen LogP contribution in [0.5, 0.6) is 0 Å². The van der Waals surface area contributed by atoms with Crippen molar-refractivity contribution in [2.45, 2.75) is 84.1 Å². The third-order valence-corrected chi connectivity index (χ3v) is 10.4. The van der Waals surface area contributed by atoms with Gasteiger partial charge in [0.1, 0.15) is 6.04 Å². The summed E-state index contributed by atoms with van der Waals surface area (Å²) in [7, 11) is 4.93. The lowest BCUT2D eigenvalue weighted by atomic mass is 10.1. The van der Waals surface area contributed by atoms with Gasteiger partial charge in [0.15, 0.2) is 5.96 Å². The van der Waals surface area contributed by atoms with Gasteiger partial charge in [-0.15, -0.1) is 0 Å². The van der Waals surface area contributed by atoms with Gasteiger partial charge in [-0.05, 0) is 32.1 Å². The van der Waals surface area contributed by atoms with Crippen molar-refractivity contribution in [3.8, 4) is 0 Å². The van der Waals surface area contributed by atoms with Crippen LogP contribution in [-0.2, 0) is 28.8 Å². The molecule has 17 nitrogen and oxygen atoms in total. The number of hydrogen-bond acceptors (Lipinski definition) is 13. The van der Waals surface area contributed by atoms with Crippen LogP contribution in [0.2, 0.25) is 0 Å². The molecule has 0 heterocycles. The van der Waals surface area contributed by atoms with Gasteiger partial charge >= 0.3 is 0 Å². The van der Waals surface area contributed by atoms with Crippen LogP contribution in [-0.4, -0.2) is 109 Å². The smallest absolute Gasteiger partial charge is 0.250 e. The highest BCUT2D eigenvalue weighted by molar-refractivity contribution is 8.77. The van der Waals surface area contributed by atoms with Gasteiger partial charge in [-0.25, -0.2) is 15.8 Å². The number of guanidine groups is 1. The molecule has 0 bridgehead atoms. The molecule has 10 N–H and O–H groups in total. The van der Waals surface area contributed by atoms with Crippen molar-refractivity contribution in [1.82, 2.24) is 32.1 Å². The third kappa shape index (κ3) is 32.5. The quantitative estimate of drug-likeness (QED) is 0.0161. The number of hydrogen-bond donors (Lipinski definition) is 8. The fourth-order valence-corrected chi connectivity index (χ4v) is 6.96.